The fourth-order valence-electron chi connectivity index (χ4n) is 1.31. The van der Waals surface area contributed by atoms with E-state index in [1.165, 1.54) is 19.2 Å². The number of aldehydes is 1. The van der Waals surface area contributed by atoms with Crippen LogP contribution in [0.1, 0.15) is 15.9 Å². The number of carbonyl (C=O) groups excluding carboxylic acids is 2. The third-order valence-corrected chi connectivity index (χ3v) is 2.18. The average Bonchev–Trinajstić information content (AvgIpc) is 2.30. The van der Waals surface area contributed by atoms with Crippen molar-refractivity contribution in [3.63, 3.8) is 0 Å². The van der Waals surface area contributed by atoms with Gasteiger partial charge in [0.1, 0.15) is 11.8 Å². The molecule has 1 rings (SSSR count). The van der Waals surface area contributed by atoms with Crippen LogP contribution in [0, 0.1) is 0 Å². The van der Waals surface area contributed by atoms with Crippen LogP contribution in [0.15, 0.2) is 18.2 Å². The zero-order chi connectivity index (χ0) is 12.1. The van der Waals surface area contributed by atoms with Gasteiger partial charge in [0.15, 0.2) is 6.29 Å². The molecule has 5 nitrogen and oxygen atoms in total. The first-order valence-corrected chi connectivity index (χ1v) is 4.69. The second kappa shape index (κ2) is 5.27. The molecule has 0 radical (unpaired) electrons. The van der Waals surface area contributed by atoms with Crippen molar-refractivity contribution in [1.29, 1.82) is 0 Å². The average molecular weight is 223 g/mol. The summed E-state index contributed by atoms with van der Waals surface area (Å²) in [5, 5.41) is 9.27. The normalized spacial score (nSPS) is 11.9. The van der Waals surface area contributed by atoms with Crippen molar-refractivity contribution in [3.8, 4) is 5.75 Å². The van der Waals surface area contributed by atoms with E-state index < -0.39 is 12.0 Å². The highest BCUT2D eigenvalue weighted by molar-refractivity contribution is 5.80. The van der Waals surface area contributed by atoms with Gasteiger partial charge in [-0.1, -0.05) is 6.07 Å². The molecule has 0 bridgehead atoms. The van der Waals surface area contributed by atoms with Gasteiger partial charge in [0.25, 0.3) is 0 Å². The fraction of sp³-hybridized carbons (Fsp3) is 0.273. The Morgan fingerprint density at radius 2 is 2.31 bits per heavy atom. The second-order valence-corrected chi connectivity index (χ2v) is 3.34. The Labute approximate surface area is 92.8 Å². The Hall–Kier alpha value is -1.88. The van der Waals surface area contributed by atoms with Crippen LogP contribution in [0.4, 0.5) is 0 Å². The van der Waals surface area contributed by atoms with E-state index in [-0.39, 0.29) is 17.7 Å². The van der Waals surface area contributed by atoms with E-state index >= 15 is 0 Å². The van der Waals surface area contributed by atoms with Crippen LogP contribution >= 0.6 is 0 Å². The molecule has 1 atom stereocenters. The van der Waals surface area contributed by atoms with Crippen molar-refractivity contribution < 1.29 is 19.4 Å². The summed E-state index contributed by atoms with van der Waals surface area (Å²) < 4.78 is 4.48. The number of phenols is 1. The molecular weight excluding hydrogens is 210 g/mol. The molecule has 1 aromatic carbocycles. The van der Waals surface area contributed by atoms with E-state index in [0.717, 1.165) is 0 Å². The highest BCUT2D eigenvalue weighted by Gasteiger charge is 2.14. The van der Waals surface area contributed by atoms with Crippen LogP contribution in [0.2, 0.25) is 0 Å². The van der Waals surface area contributed by atoms with Crippen molar-refractivity contribution in [2.45, 2.75) is 12.5 Å². The van der Waals surface area contributed by atoms with Gasteiger partial charge in [-0.05, 0) is 24.1 Å². The predicted molar refractivity (Wildman–Crippen MR) is 57.2 cm³/mol. The third-order valence-electron chi connectivity index (χ3n) is 2.18. The van der Waals surface area contributed by atoms with Crippen LogP contribution in [-0.2, 0) is 16.0 Å². The van der Waals surface area contributed by atoms with Gasteiger partial charge in [-0.25, -0.2) is 0 Å². The lowest BCUT2D eigenvalue weighted by molar-refractivity contribution is -0.142. The monoisotopic (exact) mass is 223 g/mol. The summed E-state index contributed by atoms with van der Waals surface area (Å²) in [5.74, 6) is -0.605. The smallest absolute Gasteiger partial charge is 0.322 e. The van der Waals surface area contributed by atoms with E-state index in [1.54, 1.807) is 6.07 Å². The molecule has 3 N–H and O–H groups in total. The van der Waals surface area contributed by atoms with Gasteiger partial charge in [0.05, 0.1) is 12.7 Å². The van der Waals surface area contributed by atoms with E-state index in [1.807, 2.05) is 0 Å². The number of nitrogens with two attached hydrogens (primary N) is 1. The first kappa shape index (κ1) is 12.2. The molecule has 86 valence electrons. The lowest BCUT2D eigenvalue weighted by Crippen LogP contribution is -2.33. The van der Waals surface area contributed by atoms with Crippen LogP contribution in [-0.4, -0.2) is 30.5 Å². The quantitative estimate of drug-likeness (QED) is 0.564. The first-order valence-electron chi connectivity index (χ1n) is 4.69. The minimum Gasteiger partial charge on any atom is -0.507 e. The van der Waals surface area contributed by atoms with Crippen molar-refractivity contribution in [2.24, 2.45) is 5.73 Å². The van der Waals surface area contributed by atoms with Crippen molar-refractivity contribution >= 4 is 12.3 Å². The van der Waals surface area contributed by atoms with Crippen molar-refractivity contribution in [3.05, 3.63) is 29.3 Å². The minimum absolute atomic E-state index is 0.0922. The molecule has 0 amide bonds. The SMILES string of the molecule is COC(=O)[C@@H](N)Cc1ccc(O)c(C=O)c1. The molecule has 0 heterocycles. The molecule has 0 saturated carbocycles. The molecule has 0 aliphatic carbocycles. The summed E-state index contributed by atoms with van der Waals surface area (Å²) >= 11 is 0. The van der Waals surface area contributed by atoms with Gasteiger partial charge in [-0.3, -0.25) is 9.59 Å². The Morgan fingerprint density at radius 3 is 2.88 bits per heavy atom. The fourth-order valence-corrected chi connectivity index (χ4v) is 1.31. The highest BCUT2D eigenvalue weighted by Crippen LogP contribution is 2.17. The summed E-state index contributed by atoms with van der Waals surface area (Å²) in [6, 6.07) is 3.72. The molecule has 0 spiro atoms. The summed E-state index contributed by atoms with van der Waals surface area (Å²) in [5.41, 5.74) is 6.43. The topological polar surface area (TPSA) is 89.6 Å². The number of ether oxygens (including phenoxy) is 1. The van der Waals surface area contributed by atoms with Gasteiger partial charge in [-0.15, -0.1) is 0 Å². The molecule has 0 unspecified atom stereocenters. The maximum Gasteiger partial charge on any atom is 0.322 e. The Bertz CT molecular complexity index is 403. The standard InChI is InChI=1S/C11H13NO4/c1-16-11(15)9(12)5-7-2-3-10(14)8(4-7)6-13/h2-4,6,9,14H,5,12H2,1H3/t9-/m0/s1. The molecule has 0 aliphatic rings. The molecule has 0 aromatic heterocycles. The number of esters is 1. The number of rotatable bonds is 4. The number of hydrogen-bond acceptors (Lipinski definition) is 5. The van der Waals surface area contributed by atoms with Crippen LogP contribution in [0.3, 0.4) is 0 Å². The number of benzene rings is 1. The Morgan fingerprint density at radius 1 is 1.62 bits per heavy atom. The lowest BCUT2D eigenvalue weighted by atomic mass is 10.0. The molecule has 5 heteroatoms. The number of phenolic OH excluding ortho intramolecular Hbond substituents is 1. The summed E-state index contributed by atoms with van der Waals surface area (Å²) in [4.78, 5) is 21.6. The number of hydrogen-bond donors (Lipinski definition) is 2. The molecule has 0 fully saturated rings. The third kappa shape index (κ3) is 2.80. The summed E-state index contributed by atoms with van der Waals surface area (Å²) in [7, 11) is 1.26. The summed E-state index contributed by atoms with van der Waals surface area (Å²) in [6.45, 7) is 0. The lowest BCUT2D eigenvalue weighted by Gasteiger charge is -2.09. The zero-order valence-corrected chi connectivity index (χ0v) is 8.84. The highest BCUT2D eigenvalue weighted by atomic mass is 16.5. The predicted octanol–water partition coefficient (Wildman–Crippen LogP) is 0.247. The minimum atomic E-state index is -0.769. The van der Waals surface area contributed by atoms with Crippen molar-refractivity contribution in [2.75, 3.05) is 7.11 Å². The number of carbonyl (C=O) groups is 2. The van der Waals surface area contributed by atoms with Crippen LogP contribution < -0.4 is 5.73 Å². The zero-order valence-electron chi connectivity index (χ0n) is 8.84. The summed E-state index contributed by atoms with van der Waals surface area (Å²) in [6.07, 6.45) is 0.802. The largest absolute Gasteiger partial charge is 0.507 e. The Kier molecular flexibility index (Phi) is 4.02. The maximum atomic E-state index is 11.1. The van der Waals surface area contributed by atoms with E-state index in [4.69, 9.17) is 5.73 Å². The number of methoxy groups -OCH3 is 1. The van der Waals surface area contributed by atoms with Gasteiger partial charge in [0.2, 0.25) is 0 Å². The molecule has 0 saturated heterocycles. The van der Waals surface area contributed by atoms with Crippen LogP contribution in [0.5, 0.6) is 5.75 Å². The van der Waals surface area contributed by atoms with E-state index in [9.17, 15) is 14.7 Å². The molecule has 0 aliphatic heterocycles. The molecule has 1 aromatic rings. The molecule has 16 heavy (non-hydrogen) atoms. The van der Waals surface area contributed by atoms with Gasteiger partial charge in [-0.2, -0.15) is 0 Å². The van der Waals surface area contributed by atoms with Gasteiger partial charge >= 0.3 is 5.97 Å². The first-order chi connectivity index (χ1) is 7.58. The van der Waals surface area contributed by atoms with E-state index in [0.29, 0.717) is 11.8 Å². The van der Waals surface area contributed by atoms with Gasteiger partial charge in [0, 0.05) is 0 Å². The van der Waals surface area contributed by atoms with Gasteiger partial charge < -0.3 is 15.6 Å². The maximum absolute atomic E-state index is 11.1. The second-order valence-electron chi connectivity index (χ2n) is 3.34. The van der Waals surface area contributed by atoms with E-state index in [2.05, 4.69) is 4.74 Å². The molecular formula is C11H13NO4. The van der Waals surface area contributed by atoms with Crippen LogP contribution in [0.25, 0.3) is 0 Å². The Balaban J connectivity index is 2.82. The van der Waals surface area contributed by atoms with Crippen molar-refractivity contribution in [1.82, 2.24) is 0 Å². The number of aromatic hydroxyl groups is 1.